The normalized spacial score (nSPS) is 22.2. The average Bonchev–Trinajstić information content (AvgIpc) is 2.26. The summed E-state index contributed by atoms with van der Waals surface area (Å²) in [5.41, 5.74) is 0. The molecule has 0 aromatic rings. The summed E-state index contributed by atoms with van der Waals surface area (Å²) in [5, 5.41) is 8.98. The van der Waals surface area contributed by atoms with Gasteiger partial charge in [-0.15, -0.1) is 0 Å². The molecule has 0 aromatic heterocycles. The van der Waals surface area contributed by atoms with Crippen LogP contribution in [0.2, 0.25) is 0 Å². The Kier molecular flexibility index (Phi) is 5.17. The highest BCUT2D eigenvalue weighted by molar-refractivity contribution is 7.87. The van der Waals surface area contributed by atoms with Crippen LogP contribution in [0.15, 0.2) is 0 Å². The van der Waals surface area contributed by atoms with Crippen LogP contribution >= 0.6 is 0 Å². The SMILES string of the molecule is CC[C@@H](CO)NS(=O)(=O)N1CCC(C)CC1. The minimum absolute atomic E-state index is 0.153. The molecule has 0 unspecified atom stereocenters. The second kappa shape index (κ2) is 5.95. The highest BCUT2D eigenvalue weighted by Gasteiger charge is 2.27. The lowest BCUT2D eigenvalue weighted by atomic mass is 10.0. The van der Waals surface area contributed by atoms with Crippen LogP contribution in [0.25, 0.3) is 0 Å². The van der Waals surface area contributed by atoms with Gasteiger partial charge in [-0.1, -0.05) is 13.8 Å². The summed E-state index contributed by atoms with van der Waals surface area (Å²) in [6.07, 6.45) is 2.42. The van der Waals surface area contributed by atoms with Gasteiger partial charge in [0.25, 0.3) is 10.2 Å². The van der Waals surface area contributed by atoms with Gasteiger partial charge in [-0.3, -0.25) is 0 Å². The Hall–Kier alpha value is -0.170. The molecule has 16 heavy (non-hydrogen) atoms. The summed E-state index contributed by atoms with van der Waals surface area (Å²) in [7, 11) is -3.41. The monoisotopic (exact) mass is 250 g/mol. The van der Waals surface area contributed by atoms with Gasteiger partial charge in [-0.25, -0.2) is 0 Å². The van der Waals surface area contributed by atoms with Crippen LogP contribution in [0.4, 0.5) is 0 Å². The molecule has 1 atom stereocenters. The van der Waals surface area contributed by atoms with Gasteiger partial charge < -0.3 is 5.11 Å². The van der Waals surface area contributed by atoms with Gasteiger partial charge in [0.2, 0.25) is 0 Å². The van der Waals surface area contributed by atoms with Gasteiger partial charge in [-0.2, -0.15) is 17.4 Å². The van der Waals surface area contributed by atoms with Crippen molar-refractivity contribution < 1.29 is 13.5 Å². The predicted octanol–water partition coefficient (Wildman–Crippen LogP) is 0.324. The van der Waals surface area contributed by atoms with Gasteiger partial charge in [0.1, 0.15) is 0 Å². The van der Waals surface area contributed by atoms with Crippen molar-refractivity contribution in [3.05, 3.63) is 0 Å². The summed E-state index contributed by atoms with van der Waals surface area (Å²) in [4.78, 5) is 0. The van der Waals surface area contributed by atoms with E-state index in [1.165, 1.54) is 4.31 Å². The fourth-order valence-corrected chi connectivity index (χ4v) is 3.26. The minimum atomic E-state index is -3.41. The quantitative estimate of drug-likeness (QED) is 0.738. The van der Waals surface area contributed by atoms with Gasteiger partial charge in [-0.05, 0) is 25.2 Å². The van der Waals surface area contributed by atoms with Gasteiger partial charge >= 0.3 is 0 Å². The molecule has 1 aliphatic rings. The van der Waals surface area contributed by atoms with Crippen molar-refractivity contribution >= 4 is 10.2 Å². The fourth-order valence-electron chi connectivity index (χ4n) is 1.76. The molecule has 5 nitrogen and oxygen atoms in total. The zero-order chi connectivity index (χ0) is 12.2. The number of nitrogens with zero attached hydrogens (tertiary/aromatic N) is 1. The number of hydrogen-bond donors (Lipinski definition) is 2. The molecule has 1 saturated heterocycles. The molecular weight excluding hydrogens is 228 g/mol. The fraction of sp³-hybridized carbons (Fsp3) is 1.00. The number of rotatable bonds is 5. The smallest absolute Gasteiger partial charge is 0.279 e. The van der Waals surface area contributed by atoms with Crippen LogP contribution in [0.5, 0.6) is 0 Å². The van der Waals surface area contributed by atoms with Crippen LogP contribution in [-0.4, -0.2) is 43.6 Å². The van der Waals surface area contributed by atoms with Gasteiger partial charge in [0.05, 0.1) is 6.61 Å². The standard InChI is InChI=1S/C10H22N2O3S/c1-3-10(8-13)11-16(14,15)12-6-4-9(2)5-7-12/h9-11,13H,3-8H2,1-2H3/t10-/m0/s1. The first-order valence-corrected chi connectivity index (χ1v) is 7.31. The zero-order valence-corrected chi connectivity index (χ0v) is 10.8. The summed E-state index contributed by atoms with van der Waals surface area (Å²) >= 11 is 0. The molecule has 0 saturated carbocycles. The van der Waals surface area contributed by atoms with Crippen molar-refractivity contribution in [1.29, 1.82) is 0 Å². The van der Waals surface area contributed by atoms with E-state index in [0.29, 0.717) is 25.4 Å². The summed E-state index contributed by atoms with van der Waals surface area (Å²) < 4.78 is 27.9. The average molecular weight is 250 g/mol. The number of piperidine rings is 1. The number of nitrogens with one attached hydrogen (secondary N) is 1. The van der Waals surface area contributed by atoms with Crippen molar-refractivity contribution in [2.75, 3.05) is 19.7 Å². The van der Waals surface area contributed by atoms with Crippen molar-refractivity contribution in [2.24, 2.45) is 5.92 Å². The first-order valence-electron chi connectivity index (χ1n) is 5.87. The molecule has 0 aliphatic carbocycles. The zero-order valence-electron chi connectivity index (χ0n) is 10.0. The number of hydrogen-bond acceptors (Lipinski definition) is 3. The lowest BCUT2D eigenvalue weighted by Crippen LogP contribution is -2.48. The first kappa shape index (κ1) is 13.9. The summed E-state index contributed by atoms with van der Waals surface area (Å²) in [6, 6.07) is -0.371. The van der Waals surface area contributed by atoms with E-state index >= 15 is 0 Å². The Bertz CT molecular complexity index is 293. The Labute approximate surface area is 98.0 Å². The third kappa shape index (κ3) is 3.69. The van der Waals surface area contributed by atoms with E-state index in [-0.39, 0.29) is 12.6 Å². The van der Waals surface area contributed by atoms with E-state index in [2.05, 4.69) is 11.6 Å². The predicted molar refractivity (Wildman–Crippen MR) is 63.2 cm³/mol. The maximum absolute atomic E-state index is 11.9. The van der Waals surface area contributed by atoms with E-state index in [1.54, 1.807) is 0 Å². The lowest BCUT2D eigenvalue weighted by molar-refractivity contribution is 0.245. The second-order valence-corrected chi connectivity index (χ2v) is 6.19. The van der Waals surface area contributed by atoms with E-state index < -0.39 is 10.2 Å². The highest BCUT2D eigenvalue weighted by Crippen LogP contribution is 2.18. The Morgan fingerprint density at radius 3 is 2.44 bits per heavy atom. The lowest BCUT2D eigenvalue weighted by Gasteiger charge is -2.30. The van der Waals surface area contributed by atoms with E-state index in [1.807, 2.05) is 6.92 Å². The van der Waals surface area contributed by atoms with Gasteiger partial charge in [0, 0.05) is 19.1 Å². The minimum Gasteiger partial charge on any atom is -0.395 e. The maximum Gasteiger partial charge on any atom is 0.279 e. The van der Waals surface area contributed by atoms with Gasteiger partial charge in [0.15, 0.2) is 0 Å². The topological polar surface area (TPSA) is 69.6 Å². The second-order valence-electron chi connectivity index (χ2n) is 4.49. The molecule has 6 heteroatoms. The molecule has 0 aromatic carbocycles. The molecule has 96 valence electrons. The molecule has 0 bridgehead atoms. The van der Waals surface area contributed by atoms with Crippen molar-refractivity contribution in [3.8, 4) is 0 Å². The van der Waals surface area contributed by atoms with Crippen molar-refractivity contribution in [2.45, 2.75) is 39.2 Å². The molecule has 1 heterocycles. The van der Waals surface area contributed by atoms with Crippen LogP contribution in [0.1, 0.15) is 33.1 Å². The van der Waals surface area contributed by atoms with Crippen molar-refractivity contribution in [1.82, 2.24) is 9.03 Å². The van der Waals surface area contributed by atoms with Crippen LogP contribution in [0, 0.1) is 5.92 Å². The van der Waals surface area contributed by atoms with Crippen LogP contribution in [-0.2, 0) is 10.2 Å². The first-order chi connectivity index (χ1) is 7.49. The largest absolute Gasteiger partial charge is 0.395 e. The molecule has 1 fully saturated rings. The molecule has 0 spiro atoms. The Balaban J connectivity index is 2.56. The highest BCUT2D eigenvalue weighted by atomic mass is 32.2. The Morgan fingerprint density at radius 2 is 2.00 bits per heavy atom. The van der Waals surface area contributed by atoms with E-state index in [0.717, 1.165) is 12.8 Å². The third-order valence-electron chi connectivity index (χ3n) is 3.11. The summed E-state index contributed by atoms with van der Waals surface area (Å²) in [5.74, 6) is 0.603. The van der Waals surface area contributed by atoms with Crippen LogP contribution < -0.4 is 4.72 Å². The van der Waals surface area contributed by atoms with Crippen LogP contribution in [0.3, 0.4) is 0 Å². The number of aliphatic hydroxyl groups excluding tert-OH is 1. The maximum atomic E-state index is 11.9. The molecular formula is C10H22N2O3S. The number of aliphatic hydroxyl groups is 1. The molecule has 2 N–H and O–H groups in total. The Morgan fingerprint density at radius 1 is 1.44 bits per heavy atom. The molecule has 0 radical (unpaired) electrons. The molecule has 1 rings (SSSR count). The summed E-state index contributed by atoms with van der Waals surface area (Å²) in [6.45, 7) is 5.00. The third-order valence-corrected chi connectivity index (χ3v) is 4.79. The van der Waals surface area contributed by atoms with Crippen molar-refractivity contribution in [3.63, 3.8) is 0 Å². The molecule has 0 amide bonds. The van der Waals surface area contributed by atoms with E-state index in [4.69, 9.17) is 5.11 Å². The molecule has 1 aliphatic heterocycles. The van der Waals surface area contributed by atoms with E-state index in [9.17, 15) is 8.42 Å².